The van der Waals surface area contributed by atoms with E-state index in [-0.39, 0.29) is 17.9 Å². The van der Waals surface area contributed by atoms with Crippen LogP contribution < -0.4 is 10.0 Å². The minimum atomic E-state index is -3.57. The molecule has 0 saturated carbocycles. The summed E-state index contributed by atoms with van der Waals surface area (Å²) in [4.78, 5) is 25.0. The number of carbonyl (C=O) groups excluding carboxylic acids is 2. The van der Waals surface area contributed by atoms with Crippen LogP contribution in [0, 0.1) is 0 Å². The Bertz CT molecular complexity index is 846. The summed E-state index contributed by atoms with van der Waals surface area (Å²) in [5.41, 5.74) is 0.298. The van der Waals surface area contributed by atoms with Crippen molar-refractivity contribution in [2.45, 2.75) is 24.3 Å². The molecule has 9 heteroatoms. The highest BCUT2D eigenvalue weighted by atomic mass is 32.2. The quantitative estimate of drug-likeness (QED) is 0.665. The van der Waals surface area contributed by atoms with Crippen molar-refractivity contribution >= 4 is 33.2 Å². The molecule has 26 heavy (non-hydrogen) atoms. The van der Waals surface area contributed by atoms with Crippen molar-refractivity contribution in [3.05, 3.63) is 52.2 Å². The molecule has 2 aromatic rings. The monoisotopic (exact) mass is 396 g/mol. The van der Waals surface area contributed by atoms with E-state index >= 15 is 0 Å². The number of hydrogen-bond acceptors (Lipinski definition) is 6. The van der Waals surface area contributed by atoms with Gasteiger partial charge in [-0.25, -0.2) is 13.1 Å². The van der Waals surface area contributed by atoms with Crippen LogP contribution in [0.3, 0.4) is 0 Å². The first-order valence-electron chi connectivity index (χ1n) is 7.88. The lowest BCUT2D eigenvalue weighted by atomic mass is 10.1. The summed E-state index contributed by atoms with van der Waals surface area (Å²) in [6.45, 7) is 1.96. The standard InChI is InChI=1S/C17H20N2O5S2/c1-3-18-26(22,23)13-8-6-12(7-9-13)17(21)19-14(11-16(20)24-2)15-5-4-10-25-15/h4-10,14,18H,3,11H2,1-2H3,(H,19,21). The number of carbonyl (C=O) groups is 2. The third kappa shape index (κ3) is 5.13. The van der Waals surface area contributed by atoms with E-state index in [1.54, 1.807) is 6.92 Å². The van der Waals surface area contributed by atoms with Gasteiger partial charge in [0.15, 0.2) is 0 Å². The molecule has 7 nitrogen and oxygen atoms in total. The SMILES string of the molecule is CCNS(=O)(=O)c1ccc(C(=O)NC(CC(=O)OC)c2cccs2)cc1. The van der Waals surface area contributed by atoms with Gasteiger partial charge in [-0.2, -0.15) is 0 Å². The molecule has 0 radical (unpaired) electrons. The lowest BCUT2D eigenvalue weighted by Crippen LogP contribution is -2.30. The van der Waals surface area contributed by atoms with Gasteiger partial charge in [-0.1, -0.05) is 13.0 Å². The number of ether oxygens (including phenoxy) is 1. The van der Waals surface area contributed by atoms with Crippen molar-refractivity contribution < 1.29 is 22.7 Å². The number of amides is 1. The molecule has 0 fully saturated rings. The summed E-state index contributed by atoms with van der Waals surface area (Å²) >= 11 is 1.42. The Kier molecular flexibility index (Phi) is 6.90. The molecular weight excluding hydrogens is 376 g/mol. The molecule has 0 aliphatic rings. The lowest BCUT2D eigenvalue weighted by molar-refractivity contribution is -0.141. The number of hydrogen-bond donors (Lipinski definition) is 2. The highest BCUT2D eigenvalue weighted by Gasteiger charge is 2.21. The van der Waals surface area contributed by atoms with Gasteiger partial charge in [0, 0.05) is 17.0 Å². The maximum Gasteiger partial charge on any atom is 0.307 e. The van der Waals surface area contributed by atoms with Gasteiger partial charge < -0.3 is 10.1 Å². The van der Waals surface area contributed by atoms with Gasteiger partial charge in [0.25, 0.3) is 5.91 Å². The third-order valence-electron chi connectivity index (χ3n) is 3.55. The molecule has 1 aromatic heterocycles. The predicted molar refractivity (Wildman–Crippen MR) is 98.5 cm³/mol. The second-order valence-electron chi connectivity index (χ2n) is 5.35. The summed E-state index contributed by atoms with van der Waals surface area (Å²) in [5.74, 6) is -0.838. The topological polar surface area (TPSA) is 102 Å². The number of methoxy groups -OCH3 is 1. The smallest absolute Gasteiger partial charge is 0.307 e. The van der Waals surface area contributed by atoms with Crippen LogP contribution in [0.5, 0.6) is 0 Å². The Hall–Kier alpha value is -2.23. The molecule has 1 aromatic carbocycles. The van der Waals surface area contributed by atoms with Gasteiger partial charge in [-0.15, -0.1) is 11.3 Å². The summed E-state index contributed by atoms with van der Waals surface area (Å²) in [5, 5.41) is 4.64. The van der Waals surface area contributed by atoms with Crippen LogP contribution in [0.4, 0.5) is 0 Å². The van der Waals surface area contributed by atoms with Crippen molar-refractivity contribution in [1.29, 1.82) is 0 Å². The molecular formula is C17H20N2O5S2. The Morgan fingerprint density at radius 2 is 1.88 bits per heavy atom. The van der Waals surface area contributed by atoms with Gasteiger partial charge in [-0.3, -0.25) is 9.59 Å². The fourth-order valence-electron chi connectivity index (χ4n) is 2.26. The summed E-state index contributed by atoms with van der Waals surface area (Å²) in [6, 6.07) is 8.74. The van der Waals surface area contributed by atoms with Crippen LogP contribution in [0.25, 0.3) is 0 Å². The maximum atomic E-state index is 12.5. The third-order valence-corrected chi connectivity index (χ3v) is 6.10. The fraction of sp³-hybridized carbons (Fsp3) is 0.294. The van der Waals surface area contributed by atoms with Crippen LogP contribution >= 0.6 is 11.3 Å². The molecule has 0 aliphatic carbocycles. The van der Waals surface area contributed by atoms with Crippen LogP contribution in [0.1, 0.15) is 34.6 Å². The maximum absolute atomic E-state index is 12.5. The minimum Gasteiger partial charge on any atom is -0.469 e. The van der Waals surface area contributed by atoms with Crippen LogP contribution in [0.2, 0.25) is 0 Å². The van der Waals surface area contributed by atoms with Crippen molar-refractivity contribution in [3.63, 3.8) is 0 Å². The highest BCUT2D eigenvalue weighted by molar-refractivity contribution is 7.89. The molecule has 1 unspecified atom stereocenters. The number of rotatable bonds is 8. The number of benzene rings is 1. The van der Waals surface area contributed by atoms with Crippen LogP contribution in [-0.4, -0.2) is 33.9 Å². The number of esters is 1. The first-order valence-corrected chi connectivity index (χ1v) is 10.2. The van der Waals surface area contributed by atoms with Gasteiger partial charge >= 0.3 is 5.97 Å². The predicted octanol–water partition coefficient (Wildman–Crippen LogP) is 2.08. The molecule has 0 aliphatic heterocycles. The number of nitrogens with one attached hydrogen (secondary N) is 2. The second-order valence-corrected chi connectivity index (χ2v) is 8.09. The van der Waals surface area contributed by atoms with E-state index in [2.05, 4.69) is 14.8 Å². The number of thiophene rings is 1. The molecule has 0 spiro atoms. The molecule has 1 heterocycles. The zero-order valence-electron chi connectivity index (χ0n) is 14.4. The Morgan fingerprint density at radius 3 is 2.42 bits per heavy atom. The summed E-state index contributed by atoms with van der Waals surface area (Å²) < 4.78 is 30.9. The van der Waals surface area contributed by atoms with E-state index in [4.69, 9.17) is 0 Å². The minimum absolute atomic E-state index is 0.00956. The number of sulfonamides is 1. The average Bonchev–Trinajstić information content (AvgIpc) is 3.15. The van der Waals surface area contributed by atoms with Crippen molar-refractivity contribution in [2.75, 3.05) is 13.7 Å². The van der Waals surface area contributed by atoms with E-state index in [1.807, 2.05) is 17.5 Å². The zero-order valence-corrected chi connectivity index (χ0v) is 16.0. The Morgan fingerprint density at radius 1 is 1.19 bits per heavy atom. The fourth-order valence-corrected chi connectivity index (χ4v) is 4.08. The van der Waals surface area contributed by atoms with E-state index in [1.165, 1.54) is 42.7 Å². The Balaban J connectivity index is 2.15. The molecule has 0 bridgehead atoms. The Labute approximate surface area is 156 Å². The van der Waals surface area contributed by atoms with E-state index in [0.29, 0.717) is 5.56 Å². The van der Waals surface area contributed by atoms with E-state index in [0.717, 1.165) is 4.88 Å². The molecule has 2 N–H and O–H groups in total. The summed E-state index contributed by atoms with van der Waals surface area (Å²) in [7, 11) is -2.28. The van der Waals surface area contributed by atoms with Gasteiger partial charge in [0.2, 0.25) is 10.0 Å². The molecule has 1 amide bonds. The van der Waals surface area contributed by atoms with Crippen LogP contribution in [-0.2, 0) is 19.6 Å². The molecule has 0 saturated heterocycles. The van der Waals surface area contributed by atoms with Crippen molar-refractivity contribution in [2.24, 2.45) is 0 Å². The molecule has 1 atom stereocenters. The van der Waals surface area contributed by atoms with Gasteiger partial charge in [0.1, 0.15) is 0 Å². The second kappa shape index (κ2) is 8.93. The highest BCUT2D eigenvalue weighted by Crippen LogP contribution is 2.23. The summed E-state index contributed by atoms with van der Waals surface area (Å²) in [6.07, 6.45) is 0.00956. The lowest BCUT2D eigenvalue weighted by Gasteiger charge is -2.16. The largest absolute Gasteiger partial charge is 0.469 e. The van der Waals surface area contributed by atoms with Crippen molar-refractivity contribution in [3.8, 4) is 0 Å². The van der Waals surface area contributed by atoms with Crippen LogP contribution in [0.15, 0.2) is 46.7 Å². The van der Waals surface area contributed by atoms with E-state index < -0.39 is 27.9 Å². The molecule has 2 rings (SSSR count). The zero-order chi connectivity index (χ0) is 19.2. The van der Waals surface area contributed by atoms with Gasteiger partial charge in [0.05, 0.1) is 24.5 Å². The first-order chi connectivity index (χ1) is 12.4. The van der Waals surface area contributed by atoms with Crippen molar-refractivity contribution in [1.82, 2.24) is 10.0 Å². The molecule has 140 valence electrons. The van der Waals surface area contributed by atoms with Gasteiger partial charge in [-0.05, 0) is 35.7 Å². The first kappa shape index (κ1) is 20.1. The average molecular weight is 396 g/mol. The van der Waals surface area contributed by atoms with E-state index in [9.17, 15) is 18.0 Å². The normalized spacial score (nSPS) is 12.4.